The molecule has 118 valence electrons. The normalized spacial score (nSPS) is 12.3. The van der Waals surface area contributed by atoms with Crippen LogP contribution in [0.25, 0.3) is 0 Å². The Bertz CT molecular complexity index is 475. The minimum atomic E-state index is -0.709. The molecule has 0 fully saturated rings. The van der Waals surface area contributed by atoms with Gasteiger partial charge in [0.1, 0.15) is 0 Å². The van der Waals surface area contributed by atoms with Gasteiger partial charge >= 0.3 is 0 Å². The van der Waals surface area contributed by atoms with Crippen molar-refractivity contribution in [1.82, 2.24) is 10.2 Å². The third-order valence-corrected chi connectivity index (χ3v) is 2.97. The molecule has 1 N–H and O–H groups in total. The Morgan fingerprint density at radius 1 is 1.33 bits per heavy atom. The van der Waals surface area contributed by atoms with E-state index in [9.17, 15) is 9.18 Å². The molecule has 0 aromatic heterocycles. The highest BCUT2D eigenvalue weighted by Gasteiger charge is 2.18. The highest BCUT2D eigenvalue weighted by molar-refractivity contribution is 5.80. The van der Waals surface area contributed by atoms with Crippen LogP contribution in [0.15, 0.2) is 18.2 Å². The van der Waals surface area contributed by atoms with E-state index in [0.29, 0.717) is 12.5 Å². The molecule has 0 aliphatic heterocycles. The van der Waals surface area contributed by atoms with Gasteiger partial charge in [-0.25, -0.2) is 4.39 Å². The predicted molar refractivity (Wildman–Crippen MR) is 81.7 cm³/mol. The Labute approximate surface area is 126 Å². The smallest absolute Gasteiger partial charge is 0.262 e. The lowest BCUT2D eigenvalue weighted by Crippen LogP contribution is -2.35. The summed E-state index contributed by atoms with van der Waals surface area (Å²) >= 11 is 0. The fraction of sp³-hybridized carbons (Fsp3) is 0.562. The van der Waals surface area contributed by atoms with Crippen LogP contribution >= 0.6 is 0 Å². The number of rotatable bonds is 7. The monoisotopic (exact) mass is 296 g/mol. The van der Waals surface area contributed by atoms with Crippen molar-refractivity contribution in [1.29, 1.82) is 0 Å². The average molecular weight is 296 g/mol. The molecule has 0 spiro atoms. The van der Waals surface area contributed by atoms with Crippen LogP contribution in [0.3, 0.4) is 0 Å². The maximum atomic E-state index is 14.0. The molecule has 1 amide bonds. The van der Waals surface area contributed by atoms with Gasteiger partial charge in [-0.2, -0.15) is 0 Å². The second-order valence-electron chi connectivity index (χ2n) is 5.78. The Morgan fingerprint density at radius 3 is 2.52 bits per heavy atom. The Morgan fingerprint density at radius 2 is 2.00 bits per heavy atom. The Hall–Kier alpha value is -1.62. The first kappa shape index (κ1) is 17.4. The summed E-state index contributed by atoms with van der Waals surface area (Å²) in [6.07, 6.45) is -0.709. The molecule has 0 radical (unpaired) electrons. The molecule has 1 aromatic rings. The summed E-state index contributed by atoms with van der Waals surface area (Å²) in [5, 5.41) is 3.25. The van der Waals surface area contributed by atoms with Crippen molar-refractivity contribution in [3.63, 3.8) is 0 Å². The molecule has 4 nitrogen and oxygen atoms in total. The van der Waals surface area contributed by atoms with Crippen LogP contribution in [0.5, 0.6) is 5.75 Å². The second kappa shape index (κ2) is 7.98. The van der Waals surface area contributed by atoms with Gasteiger partial charge in [-0.15, -0.1) is 0 Å². The minimum Gasteiger partial charge on any atom is -0.478 e. The van der Waals surface area contributed by atoms with Crippen molar-refractivity contribution < 1.29 is 13.9 Å². The third kappa shape index (κ3) is 5.71. The number of nitrogens with zero attached hydrogens (tertiary/aromatic N) is 1. The van der Waals surface area contributed by atoms with Crippen LogP contribution in [0.2, 0.25) is 0 Å². The van der Waals surface area contributed by atoms with Crippen molar-refractivity contribution >= 4 is 5.91 Å². The van der Waals surface area contributed by atoms with Gasteiger partial charge in [0.05, 0.1) is 0 Å². The van der Waals surface area contributed by atoms with E-state index in [0.717, 1.165) is 12.1 Å². The predicted octanol–water partition coefficient (Wildman–Crippen LogP) is 2.43. The number of carbonyl (C=O) groups is 1. The number of carbonyl (C=O) groups excluding carboxylic acids is 1. The third-order valence-electron chi connectivity index (χ3n) is 2.97. The molecule has 1 atom stereocenters. The number of nitrogens with one attached hydrogen (secondary N) is 1. The summed E-state index contributed by atoms with van der Waals surface area (Å²) in [6.45, 7) is 7.34. The van der Waals surface area contributed by atoms with E-state index < -0.39 is 11.9 Å². The number of ether oxygens (including phenoxy) is 1. The fourth-order valence-electron chi connectivity index (χ4n) is 1.86. The van der Waals surface area contributed by atoms with Crippen molar-refractivity contribution in [3.8, 4) is 5.75 Å². The highest BCUT2D eigenvalue weighted by Crippen LogP contribution is 2.20. The maximum absolute atomic E-state index is 14.0. The quantitative estimate of drug-likeness (QED) is 0.840. The van der Waals surface area contributed by atoms with Crippen molar-refractivity contribution in [3.05, 3.63) is 29.6 Å². The van der Waals surface area contributed by atoms with Gasteiger partial charge in [0.2, 0.25) is 0 Å². The van der Waals surface area contributed by atoms with Crippen LogP contribution in [0.1, 0.15) is 26.3 Å². The molecule has 0 saturated heterocycles. The molecule has 0 heterocycles. The zero-order valence-corrected chi connectivity index (χ0v) is 13.4. The van der Waals surface area contributed by atoms with Gasteiger partial charge < -0.3 is 15.0 Å². The molecular weight excluding hydrogens is 271 g/mol. The van der Waals surface area contributed by atoms with E-state index in [1.165, 1.54) is 11.0 Å². The van der Waals surface area contributed by atoms with Crippen LogP contribution in [-0.2, 0) is 11.3 Å². The van der Waals surface area contributed by atoms with Gasteiger partial charge in [0.15, 0.2) is 17.7 Å². The molecule has 1 aromatic carbocycles. The van der Waals surface area contributed by atoms with Crippen molar-refractivity contribution in [2.75, 3.05) is 20.6 Å². The number of halogens is 1. The van der Waals surface area contributed by atoms with E-state index in [1.54, 1.807) is 33.2 Å². The van der Waals surface area contributed by atoms with E-state index in [2.05, 4.69) is 19.2 Å². The SMILES string of the molecule is CC(C)CNCc1ccc(OC(C)C(=O)N(C)C)c(F)c1. The van der Waals surface area contributed by atoms with Crippen LogP contribution in [0, 0.1) is 11.7 Å². The lowest BCUT2D eigenvalue weighted by molar-refractivity contribution is -0.135. The van der Waals surface area contributed by atoms with Crippen LogP contribution in [-0.4, -0.2) is 37.6 Å². The minimum absolute atomic E-state index is 0.102. The molecule has 0 aliphatic rings. The van der Waals surface area contributed by atoms with Gasteiger partial charge in [-0.05, 0) is 37.1 Å². The zero-order valence-electron chi connectivity index (χ0n) is 13.4. The fourth-order valence-corrected chi connectivity index (χ4v) is 1.86. The summed E-state index contributed by atoms with van der Waals surface area (Å²) in [4.78, 5) is 13.1. The summed E-state index contributed by atoms with van der Waals surface area (Å²) in [5.41, 5.74) is 0.854. The number of likely N-dealkylation sites (N-methyl/N-ethyl adjacent to an activating group) is 1. The summed E-state index contributed by atoms with van der Waals surface area (Å²) < 4.78 is 19.4. The average Bonchev–Trinajstić information content (AvgIpc) is 2.40. The first-order valence-corrected chi connectivity index (χ1v) is 7.18. The molecule has 21 heavy (non-hydrogen) atoms. The molecular formula is C16H25FN2O2. The Balaban J connectivity index is 2.63. The van der Waals surface area contributed by atoms with E-state index in [-0.39, 0.29) is 11.7 Å². The van der Waals surface area contributed by atoms with Gasteiger partial charge in [0.25, 0.3) is 5.91 Å². The Kier molecular flexibility index (Phi) is 6.62. The summed E-state index contributed by atoms with van der Waals surface area (Å²) in [6, 6.07) is 4.81. The maximum Gasteiger partial charge on any atom is 0.262 e. The van der Waals surface area contributed by atoms with Crippen LogP contribution in [0.4, 0.5) is 4.39 Å². The molecule has 0 saturated carbocycles. The number of benzene rings is 1. The van der Waals surface area contributed by atoms with Gasteiger partial charge in [0, 0.05) is 20.6 Å². The van der Waals surface area contributed by atoms with Gasteiger partial charge in [-0.3, -0.25) is 4.79 Å². The van der Waals surface area contributed by atoms with Crippen molar-refractivity contribution in [2.45, 2.75) is 33.4 Å². The lowest BCUT2D eigenvalue weighted by atomic mass is 10.2. The topological polar surface area (TPSA) is 41.6 Å². The summed E-state index contributed by atoms with van der Waals surface area (Å²) in [7, 11) is 3.28. The van der Waals surface area contributed by atoms with E-state index in [1.807, 2.05) is 0 Å². The lowest BCUT2D eigenvalue weighted by Gasteiger charge is -2.18. The molecule has 1 unspecified atom stereocenters. The van der Waals surface area contributed by atoms with Crippen LogP contribution < -0.4 is 10.1 Å². The molecule has 0 aliphatic carbocycles. The van der Waals surface area contributed by atoms with E-state index >= 15 is 0 Å². The largest absolute Gasteiger partial charge is 0.478 e. The first-order valence-electron chi connectivity index (χ1n) is 7.18. The second-order valence-corrected chi connectivity index (χ2v) is 5.78. The van der Waals surface area contributed by atoms with Crippen molar-refractivity contribution in [2.24, 2.45) is 5.92 Å². The number of hydrogen-bond acceptors (Lipinski definition) is 3. The summed E-state index contributed by atoms with van der Waals surface area (Å²) in [5.74, 6) is 0.00925. The highest BCUT2D eigenvalue weighted by atomic mass is 19.1. The van der Waals surface area contributed by atoms with Gasteiger partial charge in [-0.1, -0.05) is 19.9 Å². The molecule has 1 rings (SSSR count). The molecule has 5 heteroatoms. The first-order chi connectivity index (χ1) is 9.81. The number of amides is 1. The zero-order chi connectivity index (χ0) is 16.0. The number of hydrogen-bond donors (Lipinski definition) is 1. The standard InChI is InChI=1S/C16H25FN2O2/c1-11(2)9-18-10-13-6-7-15(14(17)8-13)21-12(3)16(20)19(4)5/h6-8,11-12,18H,9-10H2,1-5H3. The van der Waals surface area contributed by atoms with E-state index in [4.69, 9.17) is 4.74 Å². The molecule has 0 bridgehead atoms.